The minimum Gasteiger partial charge on any atom is -0.419 e. The zero-order chi connectivity index (χ0) is 25.3. The molecule has 0 unspecified atom stereocenters. The molecule has 0 radical (unpaired) electrons. The number of amides is 1. The van der Waals surface area contributed by atoms with Gasteiger partial charge in [-0.15, -0.1) is 0 Å². The third-order valence-corrected chi connectivity index (χ3v) is 5.41. The Morgan fingerprint density at radius 3 is 1.81 bits per heavy atom. The zero-order valence-corrected chi connectivity index (χ0v) is 20.3. The molecule has 0 fully saturated rings. The van der Waals surface area contributed by atoms with Crippen LogP contribution in [0.3, 0.4) is 0 Å². The third kappa shape index (κ3) is 6.52. The molecular formula is C28H19BrN2O5. The molecule has 7 nitrogen and oxygen atoms in total. The smallest absolute Gasteiger partial charge is 0.343 e. The second-order valence-electron chi connectivity index (χ2n) is 7.42. The van der Waals surface area contributed by atoms with Crippen molar-refractivity contribution in [2.24, 2.45) is 5.10 Å². The lowest BCUT2D eigenvalue weighted by atomic mass is 10.2. The summed E-state index contributed by atoms with van der Waals surface area (Å²) in [6.07, 6.45) is 1.39. The largest absolute Gasteiger partial charge is 0.419 e. The number of esters is 2. The van der Waals surface area contributed by atoms with Crippen molar-refractivity contribution in [2.75, 3.05) is 0 Å². The fourth-order valence-electron chi connectivity index (χ4n) is 3.07. The highest BCUT2D eigenvalue weighted by atomic mass is 79.9. The normalized spacial score (nSPS) is 10.6. The zero-order valence-electron chi connectivity index (χ0n) is 18.8. The van der Waals surface area contributed by atoms with E-state index in [4.69, 9.17) is 9.47 Å². The number of ether oxygens (including phenoxy) is 2. The summed E-state index contributed by atoms with van der Waals surface area (Å²) in [4.78, 5) is 37.5. The predicted octanol–water partition coefficient (Wildman–Crippen LogP) is 5.65. The Morgan fingerprint density at radius 2 is 1.22 bits per heavy atom. The molecule has 4 aromatic rings. The number of halogens is 1. The van der Waals surface area contributed by atoms with E-state index < -0.39 is 11.9 Å². The monoisotopic (exact) mass is 542 g/mol. The van der Waals surface area contributed by atoms with Crippen LogP contribution < -0.4 is 14.9 Å². The first-order valence-electron chi connectivity index (χ1n) is 10.8. The number of nitrogens with zero attached hydrogens (tertiary/aromatic N) is 1. The summed E-state index contributed by atoms with van der Waals surface area (Å²) in [5.41, 5.74) is 4.06. The van der Waals surface area contributed by atoms with Crippen LogP contribution in [0, 0.1) is 0 Å². The second-order valence-corrected chi connectivity index (χ2v) is 8.34. The van der Waals surface area contributed by atoms with Crippen molar-refractivity contribution >= 4 is 40.0 Å². The highest BCUT2D eigenvalue weighted by molar-refractivity contribution is 9.10. The van der Waals surface area contributed by atoms with E-state index in [0.717, 1.165) is 4.47 Å². The number of carbonyl (C=O) groups excluding carboxylic acids is 3. The molecule has 0 aliphatic carbocycles. The Labute approximate surface area is 215 Å². The van der Waals surface area contributed by atoms with Gasteiger partial charge in [-0.05, 0) is 72.3 Å². The van der Waals surface area contributed by atoms with E-state index in [9.17, 15) is 14.4 Å². The van der Waals surface area contributed by atoms with Crippen molar-refractivity contribution in [2.45, 2.75) is 0 Å². The van der Waals surface area contributed by atoms with Crippen molar-refractivity contribution in [1.82, 2.24) is 5.43 Å². The molecule has 0 atom stereocenters. The van der Waals surface area contributed by atoms with Crippen molar-refractivity contribution in [1.29, 1.82) is 0 Å². The molecular weight excluding hydrogens is 524 g/mol. The van der Waals surface area contributed by atoms with E-state index in [1.54, 1.807) is 91.0 Å². The van der Waals surface area contributed by atoms with Gasteiger partial charge in [-0.25, -0.2) is 15.0 Å². The number of benzene rings is 4. The number of carbonyl (C=O) groups is 3. The molecule has 0 spiro atoms. The van der Waals surface area contributed by atoms with Gasteiger partial charge in [-0.1, -0.05) is 52.3 Å². The maximum atomic E-state index is 12.7. The average Bonchev–Trinajstić information content (AvgIpc) is 2.91. The molecule has 1 N–H and O–H groups in total. The van der Waals surface area contributed by atoms with Crippen molar-refractivity contribution in [3.05, 3.63) is 130 Å². The van der Waals surface area contributed by atoms with Crippen LogP contribution in [0.1, 0.15) is 36.6 Å². The summed E-state index contributed by atoms with van der Waals surface area (Å²) >= 11 is 3.32. The lowest BCUT2D eigenvalue weighted by Gasteiger charge is -2.11. The first-order valence-corrected chi connectivity index (χ1v) is 11.6. The summed E-state index contributed by atoms with van der Waals surface area (Å²) in [6, 6.07) is 28.3. The minimum atomic E-state index is -0.620. The quantitative estimate of drug-likeness (QED) is 0.141. The first-order chi connectivity index (χ1) is 17.5. The van der Waals surface area contributed by atoms with Gasteiger partial charge in [0.05, 0.1) is 17.3 Å². The maximum absolute atomic E-state index is 12.7. The van der Waals surface area contributed by atoms with E-state index in [0.29, 0.717) is 22.3 Å². The van der Waals surface area contributed by atoms with Crippen molar-refractivity contribution < 1.29 is 23.9 Å². The highest BCUT2D eigenvalue weighted by Crippen LogP contribution is 2.30. The topological polar surface area (TPSA) is 94.1 Å². The van der Waals surface area contributed by atoms with Crippen LogP contribution in [0.2, 0.25) is 0 Å². The van der Waals surface area contributed by atoms with E-state index in [-0.39, 0.29) is 17.4 Å². The summed E-state index contributed by atoms with van der Waals surface area (Å²) in [6.45, 7) is 0. The number of hydrazone groups is 1. The van der Waals surface area contributed by atoms with Crippen LogP contribution in [0.25, 0.3) is 0 Å². The van der Waals surface area contributed by atoms with E-state index in [1.807, 2.05) is 0 Å². The molecule has 0 aliphatic rings. The van der Waals surface area contributed by atoms with Crippen LogP contribution >= 0.6 is 15.9 Å². The molecule has 8 heteroatoms. The van der Waals surface area contributed by atoms with Gasteiger partial charge in [0.15, 0.2) is 11.5 Å². The Kier molecular flexibility index (Phi) is 8.00. The fourth-order valence-corrected chi connectivity index (χ4v) is 3.33. The number of hydrogen-bond acceptors (Lipinski definition) is 6. The molecule has 0 saturated heterocycles. The van der Waals surface area contributed by atoms with Gasteiger partial charge >= 0.3 is 11.9 Å². The van der Waals surface area contributed by atoms with Crippen molar-refractivity contribution in [3.8, 4) is 11.5 Å². The minimum absolute atomic E-state index is 0.0244. The fraction of sp³-hybridized carbons (Fsp3) is 0. The van der Waals surface area contributed by atoms with Gasteiger partial charge in [0.2, 0.25) is 0 Å². The van der Waals surface area contributed by atoms with E-state index in [1.165, 1.54) is 18.3 Å². The molecule has 0 aromatic heterocycles. The van der Waals surface area contributed by atoms with Gasteiger partial charge in [0.1, 0.15) is 0 Å². The summed E-state index contributed by atoms with van der Waals surface area (Å²) in [5.74, 6) is -1.52. The van der Waals surface area contributed by atoms with Crippen LogP contribution in [0.4, 0.5) is 0 Å². The standard InChI is InChI=1S/C28H19BrN2O5/c29-23-14-12-20(13-15-23)26(32)31-30-18-19-11-16-24(35-27(33)21-7-3-1-4-8-21)25(17-19)36-28(34)22-9-5-2-6-10-22/h1-18H,(H,31,32)/b30-18-. The molecule has 0 heterocycles. The van der Waals surface area contributed by atoms with Crippen molar-refractivity contribution in [3.63, 3.8) is 0 Å². The lowest BCUT2D eigenvalue weighted by molar-refractivity contribution is 0.0682. The Balaban J connectivity index is 1.54. The summed E-state index contributed by atoms with van der Waals surface area (Å²) < 4.78 is 11.9. The Hall–Kier alpha value is -4.56. The van der Waals surface area contributed by atoms with Gasteiger partial charge in [-0.3, -0.25) is 4.79 Å². The Bertz CT molecular complexity index is 1410. The maximum Gasteiger partial charge on any atom is 0.343 e. The Morgan fingerprint density at radius 1 is 0.667 bits per heavy atom. The van der Waals surface area contributed by atoms with Crippen LogP contribution in [0.15, 0.2) is 113 Å². The van der Waals surface area contributed by atoms with E-state index >= 15 is 0 Å². The number of hydrogen-bond donors (Lipinski definition) is 1. The molecule has 0 aliphatic heterocycles. The molecule has 4 aromatic carbocycles. The third-order valence-electron chi connectivity index (χ3n) is 4.88. The van der Waals surface area contributed by atoms with Gasteiger partial charge in [0.25, 0.3) is 5.91 Å². The van der Waals surface area contributed by atoms with E-state index in [2.05, 4.69) is 26.5 Å². The predicted molar refractivity (Wildman–Crippen MR) is 138 cm³/mol. The second kappa shape index (κ2) is 11.7. The van der Waals surface area contributed by atoms with Crippen LogP contribution in [-0.4, -0.2) is 24.1 Å². The van der Waals surface area contributed by atoms with Gasteiger partial charge < -0.3 is 9.47 Å². The summed E-state index contributed by atoms with van der Waals surface area (Å²) in [5, 5.41) is 3.97. The highest BCUT2D eigenvalue weighted by Gasteiger charge is 2.17. The SMILES string of the molecule is O=C(N/N=C\c1ccc(OC(=O)c2ccccc2)c(OC(=O)c2ccccc2)c1)c1ccc(Br)cc1. The van der Waals surface area contributed by atoms with Crippen LogP contribution in [0.5, 0.6) is 11.5 Å². The molecule has 178 valence electrons. The first kappa shape index (κ1) is 24.6. The average molecular weight is 543 g/mol. The molecule has 36 heavy (non-hydrogen) atoms. The lowest BCUT2D eigenvalue weighted by Crippen LogP contribution is -2.17. The number of nitrogens with one attached hydrogen (secondary N) is 1. The van der Waals surface area contributed by atoms with Gasteiger partial charge in [0, 0.05) is 10.0 Å². The number of rotatable bonds is 7. The molecule has 0 bridgehead atoms. The summed E-state index contributed by atoms with van der Waals surface area (Å²) in [7, 11) is 0. The van der Waals surface area contributed by atoms with Gasteiger partial charge in [-0.2, -0.15) is 5.10 Å². The molecule has 0 saturated carbocycles. The van der Waals surface area contributed by atoms with Crippen LogP contribution in [-0.2, 0) is 0 Å². The molecule has 1 amide bonds. The molecule has 4 rings (SSSR count).